The minimum atomic E-state index is -0.132. The number of fused-ring (bicyclic) bond motifs is 1. The molecule has 3 rings (SSSR count). The molecule has 1 aromatic heterocycles. The molecule has 0 radical (unpaired) electrons. The Labute approximate surface area is 136 Å². The van der Waals surface area contributed by atoms with Gasteiger partial charge in [0, 0.05) is 27.8 Å². The van der Waals surface area contributed by atoms with E-state index in [9.17, 15) is 14.7 Å². The van der Waals surface area contributed by atoms with Crippen LogP contribution in [-0.4, -0.2) is 29.3 Å². The number of carbonyl (C=O) groups excluding carboxylic acids is 2. The quantitative estimate of drug-likeness (QED) is 0.643. The van der Waals surface area contributed by atoms with Crippen molar-refractivity contribution >= 4 is 34.9 Å². The van der Waals surface area contributed by atoms with Gasteiger partial charge in [-0.2, -0.15) is 0 Å². The van der Waals surface area contributed by atoms with Gasteiger partial charge in [-0.15, -0.1) is 0 Å². The summed E-state index contributed by atoms with van der Waals surface area (Å²) in [4.78, 5) is 27.3. The zero-order valence-corrected chi connectivity index (χ0v) is 13.1. The van der Waals surface area contributed by atoms with Crippen LogP contribution in [0.2, 0.25) is 0 Å². The second kappa shape index (κ2) is 6.18. The van der Waals surface area contributed by atoms with E-state index in [2.05, 4.69) is 10.3 Å². The first kappa shape index (κ1) is 15.2. The molecule has 1 heterocycles. The zero-order valence-electron chi connectivity index (χ0n) is 12.3. The van der Waals surface area contributed by atoms with Crippen LogP contribution in [0.4, 0.5) is 0 Å². The number of nitrogens with one attached hydrogen (secondary N) is 2. The molecule has 23 heavy (non-hydrogen) atoms. The van der Waals surface area contributed by atoms with Crippen molar-refractivity contribution in [1.82, 2.24) is 10.3 Å². The fourth-order valence-corrected chi connectivity index (χ4v) is 3.27. The monoisotopic (exact) mass is 326 g/mol. The van der Waals surface area contributed by atoms with Crippen molar-refractivity contribution in [3.63, 3.8) is 0 Å². The topological polar surface area (TPSA) is 82.2 Å². The third-order valence-electron chi connectivity index (χ3n) is 3.47. The van der Waals surface area contributed by atoms with Gasteiger partial charge in [0.2, 0.25) is 0 Å². The van der Waals surface area contributed by atoms with E-state index in [0.29, 0.717) is 22.8 Å². The van der Waals surface area contributed by atoms with Crippen LogP contribution < -0.4 is 5.32 Å². The first-order valence-electron chi connectivity index (χ1n) is 6.92. The molecule has 0 aliphatic rings. The van der Waals surface area contributed by atoms with Gasteiger partial charge in [-0.25, -0.2) is 0 Å². The van der Waals surface area contributed by atoms with Crippen LogP contribution in [0.3, 0.4) is 0 Å². The largest absolute Gasteiger partial charge is 0.494 e. The number of hydrogen-bond acceptors (Lipinski definition) is 4. The second-order valence-corrected chi connectivity index (χ2v) is 6.07. The fourth-order valence-electron chi connectivity index (χ4n) is 2.35. The smallest absolute Gasteiger partial charge is 0.251 e. The molecule has 0 fully saturated rings. The number of aldehydes is 1. The number of aromatic hydroxyl groups is 1. The fraction of sp³-hybridized carbons (Fsp3) is 0.0588. The Hall–Kier alpha value is -2.73. The first-order chi connectivity index (χ1) is 11.1. The zero-order chi connectivity index (χ0) is 16.4. The molecule has 3 aromatic rings. The number of aromatic nitrogens is 1. The Morgan fingerprint density at radius 3 is 2.74 bits per heavy atom. The minimum Gasteiger partial charge on any atom is -0.494 e. The predicted octanol–water partition coefficient (Wildman–Crippen LogP) is 3.20. The molecule has 1 amide bonds. The van der Waals surface area contributed by atoms with E-state index in [1.54, 1.807) is 19.2 Å². The van der Waals surface area contributed by atoms with E-state index in [-0.39, 0.29) is 17.4 Å². The van der Waals surface area contributed by atoms with E-state index < -0.39 is 0 Å². The molecule has 0 saturated heterocycles. The molecule has 0 bridgehead atoms. The summed E-state index contributed by atoms with van der Waals surface area (Å²) in [5, 5.41) is 13.0. The molecule has 0 aliphatic heterocycles. The summed E-state index contributed by atoms with van der Waals surface area (Å²) < 4.78 is 0. The van der Waals surface area contributed by atoms with Crippen LogP contribution in [0.1, 0.15) is 20.7 Å². The molecule has 5 nitrogen and oxygen atoms in total. The highest BCUT2D eigenvalue weighted by molar-refractivity contribution is 7.99. The number of carbonyl (C=O) groups is 2. The summed E-state index contributed by atoms with van der Waals surface area (Å²) in [6, 6.07) is 12.8. The average Bonchev–Trinajstić information content (AvgIpc) is 2.88. The summed E-state index contributed by atoms with van der Waals surface area (Å²) >= 11 is 1.50. The van der Waals surface area contributed by atoms with Gasteiger partial charge in [-0.1, -0.05) is 23.9 Å². The lowest BCUT2D eigenvalue weighted by atomic mass is 10.2. The Morgan fingerprint density at radius 2 is 2.00 bits per heavy atom. The molecule has 0 aliphatic carbocycles. The maximum Gasteiger partial charge on any atom is 0.251 e. The number of hydrogen-bond donors (Lipinski definition) is 3. The van der Waals surface area contributed by atoms with Crippen molar-refractivity contribution < 1.29 is 14.7 Å². The van der Waals surface area contributed by atoms with Crippen molar-refractivity contribution in [3.8, 4) is 5.88 Å². The number of amides is 1. The summed E-state index contributed by atoms with van der Waals surface area (Å²) in [5.41, 5.74) is 1.55. The van der Waals surface area contributed by atoms with Crippen molar-refractivity contribution in [1.29, 1.82) is 0 Å². The van der Waals surface area contributed by atoms with Crippen molar-refractivity contribution in [2.75, 3.05) is 7.05 Å². The SMILES string of the molecule is CNC(=O)c1cccc(Sc2ccc3c(C=O)c(O)[nH]c3c2)c1. The van der Waals surface area contributed by atoms with Crippen molar-refractivity contribution in [2.24, 2.45) is 0 Å². The van der Waals surface area contributed by atoms with Gasteiger partial charge in [0.05, 0.1) is 11.1 Å². The van der Waals surface area contributed by atoms with Gasteiger partial charge in [0.25, 0.3) is 5.91 Å². The number of H-pyrrole nitrogens is 1. The second-order valence-electron chi connectivity index (χ2n) is 4.92. The molecule has 6 heteroatoms. The van der Waals surface area contributed by atoms with E-state index >= 15 is 0 Å². The first-order valence-corrected chi connectivity index (χ1v) is 7.74. The van der Waals surface area contributed by atoms with Crippen LogP contribution in [0, 0.1) is 0 Å². The van der Waals surface area contributed by atoms with E-state index in [1.807, 2.05) is 30.3 Å². The molecule has 0 saturated carbocycles. The lowest BCUT2D eigenvalue weighted by molar-refractivity contribution is 0.0962. The summed E-state index contributed by atoms with van der Waals surface area (Å²) in [7, 11) is 1.60. The summed E-state index contributed by atoms with van der Waals surface area (Å²) in [5.74, 6) is -0.258. The third kappa shape index (κ3) is 2.93. The third-order valence-corrected chi connectivity index (χ3v) is 4.45. The molecule has 116 valence electrons. The molecular weight excluding hydrogens is 312 g/mol. The maximum atomic E-state index is 11.7. The van der Waals surface area contributed by atoms with Crippen LogP contribution in [0.5, 0.6) is 5.88 Å². The van der Waals surface area contributed by atoms with E-state index in [0.717, 1.165) is 9.79 Å². The molecule has 0 unspecified atom stereocenters. The van der Waals surface area contributed by atoms with Gasteiger partial charge in [-0.05, 0) is 30.3 Å². The van der Waals surface area contributed by atoms with Crippen molar-refractivity contribution in [2.45, 2.75) is 9.79 Å². The number of aromatic amines is 1. The van der Waals surface area contributed by atoms with Crippen LogP contribution in [0.25, 0.3) is 10.9 Å². The van der Waals surface area contributed by atoms with Crippen molar-refractivity contribution in [3.05, 3.63) is 53.6 Å². The van der Waals surface area contributed by atoms with Gasteiger partial charge >= 0.3 is 0 Å². The highest BCUT2D eigenvalue weighted by Crippen LogP contribution is 2.33. The maximum absolute atomic E-state index is 11.7. The van der Waals surface area contributed by atoms with Gasteiger partial charge in [0.1, 0.15) is 0 Å². The molecule has 3 N–H and O–H groups in total. The predicted molar refractivity (Wildman–Crippen MR) is 89.3 cm³/mol. The molecule has 2 aromatic carbocycles. The summed E-state index contributed by atoms with van der Waals surface area (Å²) in [6.45, 7) is 0. The molecule has 0 atom stereocenters. The van der Waals surface area contributed by atoms with E-state index in [1.165, 1.54) is 11.8 Å². The normalized spacial score (nSPS) is 10.7. The Bertz CT molecular complexity index is 902. The van der Waals surface area contributed by atoms with Gasteiger partial charge < -0.3 is 15.4 Å². The Kier molecular flexibility index (Phi) is 4.08. The lowest BCUT2D eigenvalue weighted by Crippen LogP contribution is -2.17. The Balaban J connectivity index is 1.93. The van der Waals surface area contributed by atoms with Gasteiger partial charge in [-0.3, -0.25) is 9.59 Å². The Morgan fingerprint density at radius 1 is 1.22 bits per heavy atom. The van der Waals surface area contributed by atoms with Crippen LogP contribution in [0.15, 0.2) is 52.3 Å². The van der Waals surface area contributed by atoms with Gasteiger partial charge in [0.15, 0.2) is 12.2 Å². The van der Waals surface area contributed by atoms with Crippen LogP contribution in [-0.2, 0) is 0 Å². The number of rotatable bonds is 4. The molecular formula is C17H14N2O3S. The number of benzene rings is 2. The van der Waals surface area contributed by atoms with Crippen LogP contribution >= 0.6 is 11.8 Å². The molecule has 0 spiro atoms. The highest BCUT2D eigenvalue weighted by Gasteiger charge is 2.11. The minimum absolute atomic E-state index is 0.126. The standard InChI is InChI=1S/C17H14N2O3S/c1-18-16(21)10-3-2-4-11(7-10)23-12-5-6-13-14(9-20)17(22)19-15(13)8-12/h2-9,19,22H,1H3,(H,18,21). The lowest BCUT2D eigenvalue weighted by Gasteiger charge is -2.05. The van der Waals surface area contributed by atoms with E-state index in [4.69, 9.17) is 0 Å². The highest BCUT2D eigenvalue weighted by atomic mass is 32.2. The average molecular weight is 326 g/mol. The summed E-state index contributed by atoms with van der Waals surface area (Å²) in [6.07, 6.45) is 0.633.